The van der Waals surface area contributed by atoms with Crippen molar-refractivity contribution in [2.45, 2.75) is 13.8 Å². The summed E-state index contributed by atoms with van der Waals surface area (Å²) >= 11 is 1.32. The van der Waals surface area contributed by atoms with E-state index in [1.54, 1.807) is 30.3 Å². The van der Waals surface area contributed by atoms with Crippen LogP contribution in [-0.2, 0) is 4.79 Å². The Morgan fingerprint density at radius 2 is 1.87 bits per heavy atom. The summed E-state index contributed by atoms with van der Waals surface area (Å²) in [5, 5.41) is 12.7. The van der Waals surface area contributed by atoms with Gasteiger partial charge < -0.3 is 10.4 Å². The van der Waals surface area contributed by atoms with Crippen molar-refractivity contribution in [3.63, 3.8) is 0 Å². The number of nitrogens with zero attached hydrogens (tertiary/aromatic N) is 1. The number of carbonyl (C=O) groups excluding carboxylic acids is 1. The minimum atomic E-state index is -0.160. The number of carbonyl (C=O) groups is 1. The molecule has 23 heavy (non-hydrogen) atoms. The quantitative estimate of drug-likeness (QED) is 0.824. The summed E-state index contributed by atoms with van der Waals surface area (Å²) in [6, 6.07) is 12.8. The molecule has 0 radical (unpaired) electrons. The van der Waals surface area contributed by atoms with E-state index in [1.807, 2.05) is 32.0 Å². The van der Waals surface area contributed by atoms with Crippen molar-refractivity contribution in [3.8, 4) is 5.75 Å². The van der Waals surface area contributed by atoms with Gasteiger partial charge in [-0.1, -0.05) is 24.3 Å². The summed E-state index contributed by atoms with van der Waals surface area (Å²) < 4.78 is 0. The second-order valence-corrected chi connectivity index (χ2v) is 6.39. The smallest absolute Gasteiger partial charge is 0.264 e. The van der Waals surface area contributed by atoms with Gasteiger partial charge in [-0.15, -0.1) is 0 Å². The average molecular weight is 324 g/mol. The molecule has 0 bridgehead atoms. The number of rotatable bonds is 2. The first-order chi connectivity index (χ1) is 11.0. The highest BCUT2D eigenvalue weighted by Gasteiger charge is 2.23. The molecule has 1 saturated heterocycles. The number of hydrogen-bond acceptors (Lipinski definition) is 4. The third-order valence-corrected chi connectivity index (χ3v) is 4.34. The van der Waals surface area contributed by atoms with E-state index < -0.39 is 0 Å². The van der Waals surface area contributed by atoms with Gasteiger partial charge in [0.15, 0.2) is 5.17 Å². The highest BCUT2D eigenvalue weighted by molar-refractivity contribution is 8.18. The Kier molecular flexibility index (Phi) is 4.21. The summed E-state index contributed by atoms with van der Waals surface area (Å²) in [5.74, 6) is 0.0416. The van der Waals surface area contributed by atoms with Crippen LogP contribution in [0.4, 0.5) is 5.69 Å². The first kappa shape index (κ1) is 15.4. The van der Waals surface area contributed by atoms with E-state index in [1.165, 1.54) is 11.8 Å². The van der Waals surface area contributed by atoms with Gasteiger partial charge in [-0.2, -0.15) is 0 Å². The Morgan fingerprint density at radius 3 is 2.61 bits per heavy atom. The first-order valence-corrected chi connectivity index (χ1v) is 7.99. The van der Waals surface area contributed by atoms with E-state index in [2.05, 4.69) is 10.3 Å². The second-order valence-electron chi connectivity index (χ2n) is 5.36. The van der Waals surface area contributed by atoms with E-state index in [4.69, 9.17) is 0 Å². The maximum atomic E-state index is 12.1. The molecular weight excluding hydrogens is 308 g/mol. The number of nitrogens with one attached hydrogen (secondary N) is 1. The van der Waals surface area contributed by atoms with Gasteiger partial charge in [0.2, 0.25) is 0 Å². The SMILES string of the molecule is Cc1ccc(C)c(N=C2NC(=O)/C(=C\c3ccc(O)cc3)S2)c1. The van der Waals surface area contributed by atoms with Crippen LogP contribution in [0.2, 0.25) is 0 Å². The first-order valence-electron chi connectivity index (χ1n) is 7.17. The number of amidine groups is 1. The van der Waals surface area contributed by atoms with Crippen molar-refractivity contribution in [1.82, 2.24) is 5.32 Å². The molecule has 2 aromatic carbocycles. The molecular formula is C18H16N2O2S. The zero-order chi connectivity index (χ0) is 16.4. The predicted octanol–water partition coefficient (Wildman–Crippen LogP) is 3.90. The van der Waals surface area contributed by atoms with Crippen LogP contribution in [0.1, 0.15) is 16.7 Å². The summed E-state index contributed by atoms with van der Waals surface area (Å²) in [6.45, 7) is 4.01. The molecule has 0 unspecified atom stereocenters. The van der Waals surface area contributed by atoms with Gasteiger partial charge >= 0.3 is 0 Å². The number of aliphatic imine (C=N–C) groups is 1. The number of aromatic hydroxyl groups is 1. The largest absolute Gasteiger partial charge is 0.508 e. The number of phenolic OH excluding ortho intramolecular Hbond substituents is 1. The maximum Gasteiger partial charge on any atom is 0.264 e. The van der Waals surface area contributed by atoms with E-state index in [0.29, 0.717) is 10.1 Å². The molecule has 2 aromatic rings. The minimum absolute atomic E-state index is 0.160. The Bertz CT molecular complexity index is 823. The number of benzene rings is 2. The number of thioether (sulfide) groups is 1. The Hall–Kier alpha value is -2.53. The molecule has 4 nitrogen and oxygen atoms in total. The van der Waals surface area contributed by atoms with Gasteiger partial charge in [0.1, 0.15) is 5.75 Å². The molecule has 1 fully saturated rings. The van der Waals surface area contributed by atoms with Gasteiger partial charge in [0.05, 0.1) is 10.6 Å². The lowest BCUT2D eigenvalue weighted by molar-refractivity contribution is -0.115. The molecule has 1 aliphatic rings. The maximum absolute atomic E-state index is 12.1. The van der Waals surface area contributed by atoms with Crippen LogP contribution < -0.4 is 5.32 Å². The predicted molar refractivity (Wildman–Crippen MR) is 94.8 cm³/mol. The van der Waals surface area contributed by atoms with Crippen LogP contribution >= 0.6 is 11.8 Å². The summed E-state index contributed by atoms with van der Waals surface area (Å²) in [5.41, 5.74) is 3.91. The number of hydrogen-bond donors (Lipinski definition) is 2. The van der Waals surface area contributed by atoms with Crippen LogP contribution in [-0.4, -0.2) is 16.2 Å². The van der Waals surface area contributed by atoms with Crippen LogP contribution in [0.15, 0.2) is 52.4 Å². The molecule has 1 amide bonds. The van der Waals surface area contributed by atoms with E-state index >= 15 is 0 Å². The van der Waals surface area contributed by atoms with Gasteiger partial charge in [-0.25, -0.2) is 4.99 Å². The van der Waals surface area contributed by atoms with Gasteiger partial charge in [-0.05, 0) is 66.6 Å². The molecule has 3 rings (SSSR count). The fourth-order valence-electron chi connectivity index (χ4n) is 2.15. The Morgan fingerprint density at radius 1 is 1.13 bits per heavy atom. The minimum Gasteiger partial charge on any atom is -0.508 e. The lowest BCUT2D eigenvalue weighted by atomic mass is 10.1. The Labute approximate surface area is 139 Å². The zero-order valence-corrected chi connectivity index (χ0v) is 13.6. The van der Waals surface area contributed by atoms with Crippen molar-refractivity contribution in [3.05, 3.63) is 64.1 Å². The monoisotopic (exact) mass is 324 g/mol. The highest BCUT2D eigenvalue weighted by Crippen LogP contribution is 2.29. The van der Waals surface area contributed by atoms with E-state index in [9.17, 15) is 9.90 Å². The van der Waals surface area contributed by atoms with Crippen LogP contribution in [0, 0.1) is 13.8 Å². The molecule has 116 valence electrons. The molecule has 0 saturated carbocycles. The molecule has 2 N–H and O–H groups in total. The van der Waals surface area contributed by atoms with Crippen molar-refractivity contribution in [2.24, 2.45) is 4.99 Å². The average Bonchev–Trinajstić information content (AvgIpc) is 2.85. The third-order valence-electron chi connectivity index (χ3n) is 3.43. The lowest BCUT2D eigenvalue weighted by Crippen LogP contribution is -2.19. The summed E-state index contributed by atoms with van der Waals surface area (Å²) in [6.07, 6.45) is 1.78. The van der Waals surface area contributed by atoms with Crippen molar-refractivity contribution in [1.29, 1.82) is 0 Å². The van der Waals surface area contributed by atoms with Crippen LogP contribution in [0.3, 0.4) is 0 Å². The van der Waals surface area contributed by atoms with E-state index in [0.717, 1.165) is 22.4 Å². The van der Waals surface area contributed by atoms with Crippen molar-refractivity contribution < 1.29 is 9.90 Å². The molecule has 1 heterocycles. The molecule has 5 heteroatoms. The third kappa shape index (κ3) is 3.63. The van der Waals surface area contributed by atoms with E-state index in [-0.39, 0.29) is 11.7 Å². The highest BCUT2D eigenvalue weighted by atomic mass is 32.2. The fourth-order valence-corrected chi connectivity index (χ4v) is 2.99. The molecule has 0 atom stereocenters. The standard InChI is InChI=1S/C18H16N2O2S/c1-11-3-4-12(2)15(9-11)19-18-20-17(22)16(23-18)10-13-5-7-14(21)8-6-13/h3-10,21H,1-2H3,(H,19,20,22)/b16-10+. The van der Waals surface area contributed by atoms with Crippen LogP contribution in [0.25, 0.3) is 6.08 Å². The topological polar surface area (TPSA) is 61.7 Å². The number of amides is 1. The summed E-state index contributed by atoms with van der Waals surface area (Å²) in [7, 11) is 0. The number of phenols is 1. The van der Waals surface area contributed by atoms with Gasteiger partial charge in [0, 0.05) is 0 Å². The normalized spacial score (nSPS) is 17.7. The molecule has 0 aromatic heterocycles. The Balaban J connectivity index is 1.86. The zero-order valence-electron chi connectivity index (χ0n) is 12.8. The van der Waals surface area contributed by atoms with Gasteiger partial charge in [0.25, 0.3) is 5.91 Å². The fraction of sp³-hybridized carbons (Fsp3) is 0.111. The number of aryl methyl sites for hydroxylation is 2. The van der Waals surface area contributed by atoms with Crippen LogP contribution in [0.5, 0.6) is 5.75 Å². The van der Waals surface area contributed by atoms with Gasteiger partial charge in [-0.3, -0.25) is 4.79 Å². The van der Waals surface area contributed by atoms with Crippen molar-refractivity contribution in [2.75, 3.05) is 0 Å². The molecule has 1 aliphatic heterocycles. The summed E-state index contributed by atoms with van der Waals surface area (Å²) in [4.78, 5) is 17.2. The lowest BCUT2D eigenvalue weighted by Gasteiger charge is -2.02. The van der Waals surface area contributed by atoms with Crippen molar-refractivity contribution >= 4 is 34.6 Å². The molecule has 0 spiro atoms. The second kappa shape index (κ2) is 6.30. The molecule has 0 aliphatic carbocycles.